The van der Waals surface area contributed by atoms with Crippen molar-refractivity contribution in [2.24, 2.45) is 0 Å². The Bertz CT molecular complexity index is 322. The van der Waals surface area contributed by atoms with Crippen LogP contribution < -0.4 is 5.32 Å². The number of rotatable bonds is 5. The lowest BCUT2D eigenvalue weighted by Gasteiger charge is -2.00. The van der Waals surface area contributed by atoms with Crippen molar-refractivity contribution in [3.05, 3.63) is 11.9 Å². The van der Waals surface area contributed by atoms with Crippen LogP contribution in [0.3, 0.4) is 0 Å². The number of carbonyl (C=O) groups is 1. The van der Waals surface area contributed by atoms with E-state index in [2.05, 4.69) is 15.6 Å². The lowest BCUT2D eigenvalue weighted by atomic mass is 10.3. The predicted molar refractivity (Wildman–Crippen MR) is 54.0 cm³/mol. The van der Waals surface area contributed by atoms with Gasteiger partial charge < -0.3 is 10.4 Å². The van der Waals surface area contributed by atoms with Crippen LogP contribution in [0.15, 0.2) is 6.20 Å². The Hall–Kier alpha value is -1.43. The molecule has 0 aliphatic rings. The maximum Gasteiger partial charge on any atom is 0.219 e. The first kappa shape index (κ1) is 11.6. The van der Waals surface area contributed by atoms with Gasteiger partial charge in [0.2, 0.25) is 5.91 Å². The molecule has 0 fully saturated rings. The molecule has 1 atom stereocenters. The van der Waals surface area contributed by atoms with Crippen molar-refractivity contribution in [3.63, 3.8) is 0 Å². The molecule has 0 saturated heterocycles. The van der Waals surface area contributed by atoms with Gasteiger partial charge in [0.1, 0.15) is 5.69 Å². The van der Waals surface area contributed by atoms with E-state index < -0.39 is 6.10 Å². The average molecular weight is 212 g/mol. The van der Waals surface area contributed by atoms with Crippen LogP contribution in [-0.4, -0.2) is 33.1 Å². The molecule has 1 amide bonds. The van der Waals surface area contributed by atoms with Crippen molar-refractivity contribution < 1.29 is 9.90 Å². The van der Waals surface area contributed by atoms with E-state index in [-0.39, 0.29) is 5.91 Å². The van der Waals surface area contributed by atoms with Crippen LogP contribution in [0.4, 0.5) is 0 Å². The highest BCUT2D eigenvalue weighted by atomic mass is 16.3. The molecule has 2 N–H and O–H groups in total. The Morgan fingerprint density at radius 1 is 1.73 bits per heavy atom. The quantitative estimate of drug-likeness (QED) is 0.711. The van der Waals surface area contributed by atoms with Gasteiger partial charge in [-0.05, 0) is 13.3 Å². The summed E-state index contributed by atoms with van der Waals surface area (Å²) < 4.78 is 1.63. The van der Waals surface area contributed by atoms with Gasteiger partial charge in [-0.2, -0.15) is 0 Å². The Kier molecular flexibility index (Phi) is 4.23. The Morgan fingerprint density at radius 2 is 2.47 bits per heavy atom. The van der Waals surface area contributed by atoms with E-state index in [1.807, 2.05) is 0 Å². The molecule has 0 aliphatic carbocycles. The third kappa shape index (κ3) is 3.67. The summed E-state index contributed by atoms with van der Waals surface area (Å²) in [5.74, 6) is 0.0193. The van der Waals surface area contributed by atoms with E-state index in [9.17, 15) is 9.90 Å². The summed E-state index contributed by atoms with van der Waals surface area (Å²) in [7, 11) is 1.61. The fraction of sp³-hybridized carbons (Fsp3) is 0.667. The minimum atomic E-state index is -0.599. The van der Waals surface area contributed by atoms with E-state index >= 15 is 0 Å². The summed E-state index contributed by atoms with van der Waals surface area (Å²) in [5.41, 5.74) is 0.551. The van der Waals surface area contributed by atoms with Gasteiger partial charge in [0.15, 0.2) is 0 Å². The molecule has 0 saturated carbocycles. The topological polar surface area (TPSA) is 80.0 Å². The molecule has 1 rings (SSSR count). The van der Waals surface area contributed by atoms with E-state index in [0.29, 0.717) is 25.1 Å². The smallest absolute Gasteiger partial charge is 0.219 e. The molecule has 1 unspecified atom stereocenters. The zero-order valence-electron chi connectivity index (χ0n) is 8.97. The fourth-order valence-corrected chi connectivity index (χ4v) is 1.14. The number of aryl methyl sites for hydroxylation is 1. The highest BCUT2D eigenvalue weighted by molar-refractivity contribution is 5.75. The Morgan fingerprint density at radius 3 is 3.00 bits per heavy atom. The van der Waals surface area contributed by atoms with Gasteiger partial charge in [-0.1, -0.05) is 5.21 Å². The molecular formula is C9H16N4O2. The van der Waals surface area contributed by atoms with Crippen molar-refractivity contribution in [3.8, 4) is 0 Å². The number of carbonyl (C=O) groups excluding carboxylic acids is 1. The second-order valence-corrected chi connectivity index (χ2v) is 3.36. The third-order valence-electron chi connectivity index (χ3n) is 2.05. The number of aromatic nitrogens is 3. The zero-order valence-corrected chi connectivity index (χ0v) is 8.97. The van der Waals surface area contributed by atoms with Crippen molar-refractivity contribution in [2.45, 2.75) is 32.4 Å². The third-order valence-corrected chi connectivity index (χ3v) is 2.05. The van der Waals surface area contributed by atoms with Gasteiger partial charge >= 0.3 is 0 Å². The van der Waals surface area contributed by atoms with Gasteiger partial charge in [-0.25, -0.2) is 0 Å². The summed E-state index contributed by atoms with van der Waals surface area (Å²) in [5, 5.41) is 19.4. The molecule has 1 aromatic rings. The maximum absolute atomic E-state index is 10.9. The predicted octanol–water partition coefficient (Wildman–Crippen LogP) is -0.142. The first-order chi connectivity index (χ1) is 7.13. The summed E-state index contributed by atoms with van der Waals surface area (Å²) in [6.45, 7) is 2.27. The van der Waals surface area contributed by atoms with E-state index in [1.165, 1.54) is 0 Å². The number of aliphatic hydroxyl groups excluding tert-OH is 1. The van der Waals surface area contributed by atoms with Gasteiger partial charge in [0.25, 0.3) is 0 Å². The summed E-state index contributed by atoms with van der Waals surface area (Å²) in [4.78, 5) is 10.9. The van der Waals surface area contributed by atoms with E-state index in [0.717, 1.165) is 0 Å². The van der Waals surface area contributed by atoms with Crippen LogP contribution in [0.25, 0.3) is 0 Å². The van der Waals surface area contributed by atoms with Gasteiger partial charge in [0.05, 0.1) is 12.3 Å². The minimum absolute atomic E-state index is 0.0193. The molecule has 0 spiro atoms. The second-order valence-electron chi connectivity index (χ2n) is 3.36. The second kappa shape index (κ2) is 5.45. The van der Waals surface area contributed by atoms with Crippen molar-refractivity contribution >= 4 is 5.91 Å². The first-order valence-corrected chi connectivity index (χ1v) is 4.92. The standard InChI is InChI=1S/C9H16N4O2/c1-7(14)8-6-13(12-11-8)5-3-4-9(15)10-2/h6-7,14H,3-5H2,1-2H3,(H,10,15). The van der Waals surface area contributed by atoms with Crippen molar-refractivity contribution in [2.75, 3.05) is 7.05 Å². The highest BCUT2D eigenvalue weighted by Crippen LogP contribution is 2.06. The molecule has 6 nitrogen and oxygen atoms in total. The molecule has 6 heteroatoms. The van der Waals surface area contributed by atoms with Crippen LogP contribution in [0.2, 0.25) is 0 Å². The highest BCUT2D eigenvalue weighted by Gasteiger charge is 2.06. The average Bonchev–Trinajstić information content (AvgIpc) is 2.66. The molecule has 0 radical (unpaired) electrons. The minimum Gasteiger partial charge on any atom is -0.387 e. The summed E-state index contributed by atoms with van der Waals surface area (Å²) >= 11 is 0. The lowest BCUT2D eigenvalue weighted by molar-refractivity contribution is -0.120. The van der Waals surface area contributed by atoms with Crippen molar-refractivity contribution in [1.29, 1.82) is 0 Å². The molecule has 15 heavy (non-hydrogen) atoms. The maximum atomic E-state index is 10.9. The first-order valence-electron chi connectivity index (χ1n) is 4.92. The van der Waals surface area contributed by atoms with Gasteiger partial charge in [0, 0.05) is 20.0 Å². The molecule has 1 aromatic heterocycles. The molecule has 0 aliphatic heterocycles. The van der Waals surface area contributed by atoms with Gasteiger partial charge in [-0.3, -0.25) is 9.48 Å². The number of amides is 1. The normalized spacial score (nSPS) is 12.5. The molecular weight excluding hydrogens is 196 g/mol. The summed E-state index contributed by atoms with van der Waals surface area (Å²) in [6.07, 6.45) is 2.27. The monoisotopic (exact) mass is 212 g/mol. The molecule has 0 aromatic carbocycles. The molecule has 84 valence electrons. The van der Waals surface area contributed by atoms with Crippen molar-refractivity contribution in [1.82, 2.24) is 20.3 Å². The Labute approximate surface area is 88.3 Å². The number of aliphatic hydroxyl groups is 1. The molecule has 1 heterocycles. The fourth-order valence-electron chi connectivity index (χ4n) is 1.14. The van der Waals surface area contributed by atoms with E-state index in [1.54, 1.807) is 24.9 Å². The van der Waals surface area contributed by atoms with Crippen LogP contribution in [0, 0.1) is 0 Å². The van der Waals surface area contributed by atoms with Gasteiger partial charge in [-0.15, -0.1) is 5.10 Å². The Balaban J connectivity index is 2.34. The van der Waals surface area contributed by atoms with Crippen LogP contribution in [-0.2, 0) is 11.3 Å². The number of nitrogens with zero attached hydrogens (tertiary/aromatic N) is 3. The molecule has 0 bridgehead atoms. The SMILES string of the molecule is CNC(=O)CCCn1cc(C(C)O)nn1. The zero-order chi connectivity index (χ0) is 11.3. The van der Waals surface area contributed by atoms with Crippen LogP contribution in [0.1, 0.15) is 31.6 Å². The van der Waals surface area contributed by atoms with Crippen LogP contribution in [0.5, 0.6) is 0 Å². The number of hydrogen-bond acceptors (Lipinski definition) is 4. The van der Waals surface area contributed by atoms with E-state index in [4.69, 9.17) is 0 Å². The largest absolute Gasteiger partial charge is 0.387 e. The number of nitrogens with one attached hydrogen (secondary N) is 1. The number of hydrogen-bond donors (Lipinski definition) is 2. The lowest BCUT2D eigenvalue weighted by Crippen LogP contribution is -2.17. The van der Waals surface area contributed by atoms with Crippen LogP contribution >= 0.6 is 0 Å². The summed E-state index contributed by atoms with van der Waals surface area (Å²) in [6, 6.07) is 0.